The van der Waals surface area contributed by atoms with Gasteiger partial charge in [-0.25, -0.2) is 8.42 Å². The lowest BCUT2D eigenvalue weighted by molar-refractivity contribution is -0.174. The average molecular weight is 451 g/mol. The number of carbonyl (C=O) groups is 3. The Bertz CT molecular complexity index is 995. The smallest absolute Gasteiger partial charge is 0.323 e. The number of rotatable bonds is 7. The fraction of sp³-hybridized carbons (Fsp3) is 0.500. The van der Waals surface area contributed by atoms with Crippen LogP contribution in [0, 0.1) is 10.8 Å². The van der Waals surface area contributed by atoms with E-state index in [2.05, 4.69) is 0 Å². The van der Waals surface area contributed by atoms with Gasteiger partial charge in [0, 0.05) is 25.6 Å². The predicted molar refractivity (Wildman–Crippen MR) is 110 cm³/mol. The number of methoxy groups -OCH3 is 3. The number of sulfone groups is 1. The minimum Gasteiger partial charge on any atom is -0.468 e. The first kappa shape index (κ1) is 23.1. The van der Waals surface area contributed by atoms with Gasteiger partial charge < -0.3 is 14.2 Å². The van der Waals surface area contributed by atoms with Gasteiger partial charge in [0.1, 0.15) is 0 Å². The highest BCUT2D eigenvalue weighted by atomic mass is 32.2. The quantitative estimate of drug-likeness (QED) is 0.457. The van der Waals surface area contributed by atoms with E-state index in [-0.39, 0.29) is 43.0 Å². The average Bonchev–Trinajstić information content (AvgIpc) is 3.11. The van der Waals surface area contributed by atoms with Gasteiger partial charge in [-0.3, -0.25) is 14.4 Å². The number of hydrogen-bond donors (Lipinski definition) is 0. The Morgan fingerprint density at radius 3 is 2.23 bits per heavy atom. The van der Waals surface area contributed by atoms with E-state index < -0.39 is 37.9 Å². The van der Waals surface area contributed by atoms with E-state index in [4.69, 9.17) is 14.2 Å². The van der Waals surface area contributed by atoms with E-state index >= 15 is 0 Å². The fourth-order valence-electron chi connectivity index (χ4n) is 4.94. The molecule has 0 radical (unpaired) electrons. The lowest BCUT2D eigenvalue weighted by Gasteiger charge is -2.47. The lowest BCUT2D eigenvalue weighted by atomic mass is 9.58. The molecule has 2 aliphatic carbocycles. The van der Waals surface area contributed by atoms with Crippen LogP contribution in [-0.2, 0) is 38.4 Å². The summed E-state index contributed by atoms with van der Waals surface area (Å²) in [6.07, 6.45) is 1.18. The molecule has 0 amide bonds. The summed E-state index contributed by atoms with van der Waals surface area (Å²) in [7, 11) is -0.263. The van der Waals surface area contributed by atoms with E-state index in [0.29, 0.717) is 5.57 Å². The Morgan fingerprint density at radius 1 is 1.06 bits per heavy atom. The van der Waals surface area contributed by atoms with Crippen molar-refractivity contribution in [2.75, 3.05) is 27.9 Å². The maximum Gasteiger partial charge on any atom is 0.323 e. The zero-order chi connectivity index (χ0) is 22.9. The fourth-order valence-corrected chi connectivity index (χ4v) is 6.96. The van der Waals surface area contributed by atoms with Crippen molar-refractivity contribution < 1.29 is 37.0 Å². The van der Waals surface area contributed by atoms with Crippen LogP contribution in [0.25, 0.3) is 0 Å². The SMILES string of the molecule is COCC[C@]12CC(=O)C=C1[C@@H](S(=O)(=O)c1ccccc1)CC(C(=O)OC)(C(=O)OC)C2. The minimum absolute atomic E-state index is 0.0117. The van der Waals surface area contributed by atoms with Crippen molar-refractivity contribution in [3.05, 3.63) is 42.0 Å². The van der Waals surface area contributed by atoms with Crippen molar-refractivity contribution in [1.82, 2.24) is 0 Å². The number of ether oxygens (including phenoxy) is 3. The summed E-state index contributed by atoms with van der Waals surface area (Å²) in [5, 5.41) is -1.26. The second-order valence-corrected chi connectivity index (χ2v) is 10.2. The molecular formula is C22H26O8S. The Balaban J connectivity index is 2.25. The molecule has 1 aromatic carbocycles. The first-order chi connectivity index (χ1) is 14.7. The van der Waals surface area contributed by atoms with Crippen molar-refractivity contribution in [2.24, 2.45) is 10.8 Å². The molecule has 0 unspecified atom stereocenters. The summed E-state index contributed by atoms with van der Waals surface area (Å²) in [5.74, 6) is -1.99. The Labute approximate surface area is 181 Å². The van der Waals surface area contributed by atoms with Crippen LogP contribution in [-0.4, -0.2) is 59.3 Å². The summed E-state index contributed by atoms with van der Waals surface area (Å²) in [4.78, 5) is 38.4. The van der Waals surface area contributed by atoms with E-state index in [1.54, 1.807) is 18.2 Å². The predicted octanol–water partition coefficient (Wildman–Crippen LogP) is 1.88. The zero-order valence-electron chi connectivity index (χ0n) is 17.8. The zero-order valence-corrected chi connectivity index (χ0v) is 18.6. The molecule has 0 saturated heterocycles. The van der Waals surface area contributed by atoms with Crippen molar-refractivity contribution in [2.45, 2.75) is 35.8 Å². The van der Waals surface area contributed by atoms with E-state index in [0.717, 1.165) is 14.2 Å². The summed E-state index contributed by atoms with van der Waals surface area (Å²) < 4.78 is 42.4. The third-order valence-corrected chi connectivity index (χ3v) is 8.44. The molecule has 168 valence electrons. The summed E-state index contributed by atoms with van der Waals surface area (Å²) in [6, 6.07) is 7.78. The molecule has 0 N–H and O–H groups in total. The van der Waals surface area contributed by atoms with Gasteiger partial charge in [0.05, 0.1) is 24.4 Å². The van der Waals surface area contributed by atoms with Gasteiger partial charge in [0.15, 0.2) is 21.0 Å². The molecule has 2 aliphatic rings. The number of carbonyl (C=O) groups excluding carboxylic acids is 3. The van der Waals surface area contributed by atoms with Crippen molar-refractivity contribution in [1.29, 1.82) is 0 Å². The third-order valence-electron chi connectivity index (χ3n) is 6.35. The second-order valence-electron chi connectivity index (χ2n) is 8.06. The number of allylic oxidation sites excluding steroid dienone is 1. The molecule has 8 nitrogen and oxygen atoms in total. The normalized spacial score (nSPS) is 24.8. The van der Waals surface area contributed by atoms with Gasteiger partial charge in [-0.2, -0.15) is 0 Å². The van der Waals surface area contributed by atoms with Crippen LogP contribution in [0.15, 0.2) is 46.9 Å². The molecule has 3 rings (SSSR count). The molecule has 0 bridgehead atoms. The highest BCUT2D eigenvalue weighted by Gasteiger charge is 2.64. The van der Waals surface area contributed by atoms with Crippen LogP contribution in [0.5, 0.6) is 0 Å². The minimum atomic E-state index is -4.03. The van der Waals surface area contributed by atoms with Crippen molar-refractivity contribution in [3.63, 3.8) is 0 Å². The molecule has 31 heavy (non-hydrogen) atoms. The second kappa shape index (κ2) is 8.55. The van der Waals surface area contributed by atoms with Crippen LogP contribution >= 0.6 is 0 Å². The molecule has 1 fully saturated rings. The Hall–Kier alpha value is -2.52. The van der Waals surface area contributed by atoms with Gasteiger partial charge in [-0.15, -0.1) is 0 Å². The summed E-state index contributed by atoms with van der Waals surface area (Å²) >= 11 is 0. The van der Waals surface area contributed by atoms with Crippen LogP contribution in [0.1, 0.15) is 25.7 Å². The maximum atomic E-state index is 13.7. The standard InChI is InChI=1S/C22H26O8S/c1-28-10-9-21-12-15(23)11-17(21)18(31(26,27)16-7-5-4-6-8-16)13-22(14-21,19(24)29-2)20(25)30-3/h4-8,11,18H,9-10,12-14H2,1-3H3/t18-,21+/m0/s1. The van der Waals surface area contributed by atoms with Crippen LogP contribution in [0.4, 0.5) is 0 Å². The van der Waals surface area contributed by atoms with E-state index in [1.807, 2.05) is 0 Å². The molecule has 1 aromatic rings. The summed E-state index contributed by atoms with van der Waals surface area (Å²) in [5.41, 5.74) is -2.46. The van der Waals surface area contributed by atoms with Gasteiger partial charge >= 0.3 is 11.9 Å². The van der Waals surface area contributed by atoms with Gasteiger partial charge in [-0.1, -0.05) is 18.2 Å². The first-order valence-electron chi connectivity index (χ1n) is 9.86. The first-order valence-corrected chi connectivity index (χ1v) is 11.4. The Kier molecular flexibility index (Phi) is 6.38. The topological polar surface area (TPSA) is 113 Å². The van der Waals surface area contributed by atoms with Crippen molar-refractivity contribution >= 4 is 27.6 Å². The molecule has 0 aliphatic heterocycles. The number of esters is 2. The number of fused-ring (bicyclic) bond motifs is 1. The van der Waals surface area contributed by atoms with E-state index in [1.165, 1.54) is 25.3 Å². The van der Waals surface area contributed by atoms with E-state index in [9.17, 15) is 22.8 Å². The largest absolute Gasteiger partial charge is 0.468 e. The van der Waals surface area contributed by atoms with Gasteiger partial charge in [-0.05, 0) is 43.0 Å². The molecule has 2 atom stereocenters. The van der Waals surface area contributed by atoms with Crippen LogP contribution < -0.4 is 0 Å². The highest BCUT2D eigenvalue weighted by Crippen LogP contribution is 2.59. The number of benzene rings is 1. The maximum absolute atomic E-state index is 13.7. The molecule has 0 aromatic heterocycles. The molecule has 9 heteroatoms. The van der Waals surface area contributed by atoms with Crippen molar-refractivity contribution in [3.8, 4) is 0 Å². The highest BCUT2D eigenvalue weighted by molar-refractivity contribution is 7.92. The molecular weight excluding hydrogens is 424 g/mol. The lowest BCUT2D eigenvalue weighted by Crippen LogP contribution is -2.54. The summed E-state index contributed by atoms with van der Waals surface area (Å²) in [6.45, 7) is 0.223. The molecule has 1 saturated carbocycles. The Morgan fingerprint density at radius 2 is 1.68 bits per heavy atom. The molecule has 0 heterocycles. The van der Waals surface area contributed by atoms with Gasteiger partial charge in [0.25, 0.3) is 0 Å². The number of hydrogen-bond acceptors (Lipinski definition) is 8. The number of ketones is 1. The van der Waals surface area contributed by atoms with Crippen LogP contribution in [0.2, 0.25) is 0 Å². The monoisotopic (exact) mass is 450 g/mol. The van der Waals surface area contributed by atoms with Gasteiger partial charge in [0.2, 0.25) is 0 Å². The molecule has 0 spiro atoms. The third kappa shape index (κ3) is 3.80. The van der Waals surface area contributed by atoms with Crippen LogP contribution in [0.3, 0.4) is 0 Å².